The summed E-state index contributed by atoms with van der Waals surface area (Å²) in [6.45, 7) is 1.77. The Morgan fingerprint density at radius 1 is 1.21 bits per heavy atom. The number of amides is 2. The zero-order valence-electron chi connectivity index (χ0n) is 20.8. The summed E-state index contributed by atoms with van der Waals surface area (Å²) >= 11 is 0. The lowest BCUT2D eigenvalue weighted by atomic mass is 10.1. The molecule has 2 saturated heterocycles. The molecule has 2 amide bonds. The van der Waals surface area contributed by atoms with Gasteiger partial charge in [-0.1, -0.05) is 37.6 Å². The second-order valence-electron chi connectivity index (χ2n) is 9.40. The predicted molar refractivity (Wildman–Crippen MR) is 137 cm³/mol. The van der Waals surface area contributed by atoms with Gasteiger partial charge in [0.05, 0.1) is 18.3 Å². The summed E-state index contributed by atoms with van der Waals surface area (Å²) in [4.78, 5) is 44.6. The summed E-state index contributed by atoms with van der Waals surface area (Å²) in [6.07, 6.45) is 1.88. The Kier molecular flexibility index (Phi) is 7.17. The van der Waals surface area contributed by atoms with E-state index in [4.69, 9.17) is 9.15 Å². The zero-order valence-corrected chi connectivity index (χ0v) is 21.6. The van der Waals surface area contributed by atoms with Crippen molar-refractivity contribution < 1.29 is 32.0 Å². The van der Waals surface area contributed by atoms with E-state index < -0.39 is 40.1 Å². The lowest BCUT2D eigenvalue weighted by molar-refractivity contribution is -0.138. The molecule has 3 aromatic rings. The van der Waals surface area contributed by atoms with E-state index in [0.29, 0.717) is 30.5 Å². The first-order valence-corrected chi connectivity index (χ1v) is 14.1. The second-order valence-corrected chi connectivity index (χ2v) is 11.3. The molecule has 0 radical (unpaired) electrons. The fourth-order valence-corrected chi connectivity index (χ4v) is 6.82. The lowest BCUT2D eigenvalue weighted by Gasteiger charge is -2.28. The quantitative estimate of drug-likeness (QED) is 0.460. The molecule has 0 saturated carbocycles. The summed E-state index contributed by atoms with van der Waals surface area (Å²) in [6, 6.07) is 11.3. The number of Topliss-reactive ketones (excluding diaryl/α,β-unsaturated/α-hetero) is 1. The van der Waals surface area contributed by atoms with Gasteiger partial charge in [-0.05, 0) is 31.0 Å². The lowest BCUT2D eigenvalue weighted by Crippen LogP contribution is -2.53. The maximum absolute atomic E-state index is 13.5. The van der Waals surface area contributed by atoms with Crippen molar-refractivity contribution in [1.82, 2.24) is 19.5 Å². The Bertz CT molecular complexity index is 1420. The highest BCUT2D eigenvalue weighted by atomic mass is 32.2. The SMILES string of the molecule is CCCC(NC(=O)Oc1cc2ccccc2o1)C(=O)N1CCC2C1C(=O)CN2S(=O)(=O)Cc1ccccn1. The summed E-state index contributed by atoms with van der Waals surface area (Å²) in [5, 5.41) is 3.36. The number of pyridine rings is 1. The number of carbonyl (C=O) groups is 3. The van der Waals surface area contributed by atoms with E-state index in [1.807, 2.05) is 19.1 Å². The van der Waals surface area contributed by atoms with E-state index in [0.717, 1.165) is 5.39 Å². The van der Waals surface area contributed by atoms with Crippen LogP contribution in [0.4, 0.5) is 4.79 Å². The highest BCUT2D eigenvalue weighted by Gasteiger charge is 2.54. The molecule has 2 aromatic heterocycles. The number of sulfonamides is 1. The largest absolute Gasteiger partial charge is 0.425 e. The van der Waals surface area contributed by atoms with E-state index in [9.17, 15) is 22.8 Å². The summed E-state index contributed by atoms with van der Waals surface area (Å²) in [5.74, 6) is -1.12. The Hall–Kier alpha value is -3.77. The van der Waals surface area contributed by atoms with Crippen LogP contribution in [0.5, 0.6) is 5.95 Å². The van der Waals surface area contributed by atoms with Crippen LogP contribution in [0.1, 0.15) is 31.9 Å². The van der Waals surface area contributed by atoms with Crippen LogP contribution in [0.15, 0.2) is 59.1 Å². The number of likely N-dealkylation sites (tertiary alicyclic amines) is 1. The van der Waals surface area contributed by atoms with Gasteiger partial charge in [0.2, 0.25) is 15.9 Å². The number of hydrogen-bond donors (Lipinski definition) is 1. The topological polar surface area (TPSA) is 139 Å². The Morgan fingerprint density at radius 2 is 2.00 bits per heavy atom. The molecule has 1 aromatic carbocycles. The molecule has 0 bridgehead atoms. The number of fused-ring (bicyclic) bond motifs is 2. The van der Waals surface area contributed by atoms with Crippen LogP contribution in [-0.4, -0.2) is 71.6 Å². The van der Waals surface area contributed by atoms with Crippen LogP contribution >= 0.6 is 0 Å². The maximum Gasteiger partial charge on any atom is 0.415 e. The fourth-order valence-electron chi connectivity index (χ4n) is 5.15. The van der Waals surface area contributed by atoms with Gasteiger partial charge >= 0.3 is 6.09 Å². The molecule has 0 spiro atoms. The molecule has 38 heavy (non-hydrogen) atoms. The molecule has 11 nitrogen and oxygen atoms in total. The van der Waals surface area contributed by atoms with Gasteiger partial charge in [0, 0.05) is 24.2 Å². The number of nitrogens with zero attached hydrogens (tertiary/aromatic N) is 3. The zero-order chi connectivity index (χ0) is 26.9. The van der Waals surface area contributed by atoms with Crippen LogP contribution in [-0.2, 0) is 25.4 Å². The van der Waals surface area contributed by atoms with Gasteiger partial charge < -0.3 is 19.4 Å². The molecule has 2 aliphatic heterocycles. The van der Waals surface area contributed by atoms with Gasteiger partial charge in [0.25, 0.3) is 5.95 Å². The van der Waals surface area contributed by atoms with Crippen molar-refractivity contribution in [2.24, 2.45) is 0 Å². The number of ketones is 1. The number of aromatic nitrogens is 1. The van der Waals surface area contributed by atoms with Gasteiger partial charge in [-0.3, -0.25) is 14.6 Å². The number of carbonyl (C=O) groups excluding carboxylic acids is 3. The molecule has 3 atom stereocenters. The molecule has 2 fully saturated rings. The van der Waals surface area contributed by atoms with Crippen LogP contribution in [0.3, 0.4) is 0 Å². The molecule has 4 heterocycles. The Labute approximate surface area is 219 Å². The standard InChI is InChI=1S/C26H28N4O7S/c1-2-7-19(28-26(33)37-23-14-17-8-3-4-10-22(17)36-23)25(32)29-13-11-20-24(29)21(31)15-30(20)38(34,35)16-18-9-5-6-12-27-18/h3-6,8-10,12,14,19-20,24H,2,7,11,13,15-16H2,1H3,(H,28,33). The first-order chi connectivity index (χ1) is 18.3. The van der Waals surface area contributed by atoms with Crippen LogP contribution in [0, 0.1) is 0 Å². The molecule has 2 aliphatic rings. The molecule has 12 heteroatoms. The number of benzene rings is 1. The third-order valence-corrected chi connectivity index (χ3v) is 8.61. The molecule has 5 rings (SSSR count). The van der Waals surface area contributed by atoms with Crippen LogP contribution in [0.25, 0.3) is 11.0 Å². The molecule has 3 unspecified atom stereocenters. The predicted octanol–water partition coefficient (Wildman–Crippen LogP) is 2.47. The first kappa shape index (κ1) is 25.9. The monoisotopic (exact) mass is 540 g/mol. The van der Waals surface area contributed by atoms with E-state index in [-0.39, 0.29) is 30.6 Å². The number of para-hydroxylation sites is 1. The van der Waals surface area contributed by atoms with Gasteiger partial charge in [-0.2, -0.15) is 4.31 Å². The first-order valence-electron chi connectivity index (χ1n) is 12.5. The minimum atomic E-state index is -3.83. The van der Waals surface area contributed by atoms with Crippen molar-refractivity contribution in [3.05, 3.63) is 60.4 Å². The fraction of sp³-hybridized carbons (Fsp3) is 0.385. The van der Waals surface area contributed by atoms with Gasteiger partial charge in [-0.25, -0.2) is 13.2 Å². The highest BCUT2D eigenvalue weighted by molar-refractivity contribution is 7.88. The van der Waals surface area contributed by atoms with Crippen molar-refractivity contribution in [3.8, 4) is 5.95 Å². The number of rotatable bonds is 8. The minimum Gasteiger partial charge on any atom is -0.425 e. The van der Waals surface area contributed by atoms with E-state index >= 15 is 0 Å². The van der Waals surface area contributed by atoms with Crippen molar-refractivity contribution >= 4 is 38.8 Å². The second kappa shape index (κ2) is 10.5. The summed E-state index contributed by atoms with van der Waals surface area (Å²) in [7, 11) is -3.83. The number of nitrogens with one attached hydrogen (secondary N) is 1. The number of furan rings is 1. The summed E-state index contributed by atoms with van der Waals surface area (Å²) < 4.78 is 38.2. The van der Waals surface area contributed by atoms with Crippen molar-refractivity contribution in [2.45, 2.75) is 50.1 Å². The van der Waals surface area contributed by atoms with Gasteiger partial charge in [0.15, 0.2) is 5.78 Å². The molecular formula is C26H28N4O7S. The van der Waals surface area contributed by atoms with Crippen molar-refractivity contribution in [1.29, 1.82) is 0 Å². The smallest absolute Gasteiger partial charge is 0.415 e. The number of ether oxygens (including phenoxy) is 1. The Morgan fingerprint density at radius 3 is 2.74 bits per heavy atom. The van der Waals surface area contributed by atoms with Crippen LogP contribution in [0.2, 0.25) is 0 Å². The average molecular weight is 541 g/mol. The van der Waals surface area contributed by atoms with Gasteiger partial charge in [-0.15, -0.1) is 0 Å². The van der Waals surface area contributed by atoms with Crippen molar-refractivity contribution in [2.75, 3.05) is 13.1 Å². The average Bonchev–Trinajstić information content (AvgIpc) is 3.58. The Balaban J connectivity index is 1.27. The maximum atomic E-state index is 13.5. The third-order valence-electron chi connectivity index (χ3n) is 6.84. The van der Waals surface area contributed by atoms with Gasteiger partial charge in [0.1, 0.15) is 23.4 Å². The molecule has 1 N–H and O–H groups in total. The van der Waals surface area contributed by atoms with E-state index in [2.05, 4.69) is 10.3 Å². The molecule has 0 aliphatic carbocycles. The third kappa shape index (κ3) is 5.14. The van der Waals surface area contributed by atoms with E-state index in [1.165, 1.54) is 15.4 Å². The van der Waals surface area contributed by atoms with Crippen LogP contribution < -0.4 is 10.1 Å². The molecule has 200 valence electrons. The normalized spacial score (nSPS) is 20.4. The number of hydrogen-bond acceptors (Lipinski definition) is 8. The molecular weight excluding hydrogens is 512 g/mol. The minimum absolute atomic E-state index is 0.00708. The highest BCUT2D eigenvalue weighted by Crippen LogP contribution is 2.33. The van der Waals surface area contributed by atoms with Crippen molar-refractivity contribution in [3.63, 3.8) is 0 Å². The van der Waals surface area contributed by atoms with E-state index in [1.54, 1.807) is 36.4 Å². The summed E-state index contributed by atoms with van der Waals surface area (Å²) in [5.41, 5.74) is 0.936.